The van der Waals surface area contributed by atoms with Crippen molar-refractivity contribution in [1.29, 1.82) is 5.26 Å². The topological polar surface area (TPSA) is 124 Å². The fraction of sp³-hybridized carbons (Fsp3) is 0.321. The molecule has 1 heterocycles. The Hall–Kier alpha value is -3.96. The number of carbonyl (C=O) groups excluding carboxylic acids is 2. The number of anilines is 1. The van der Waals surface area contributed by atoms with Gasteiger partial charge in [-0.2, -0.15) is 5.26 Å². The summed E-state index contributed by atoms with van der Waals surface area (Å²) in [6, 6.07) is 12.4. The van der Waals surface area contributed by atoms with E-state index in [9.17, 15) is 14.9 Å². The van der Waals surface area contributed by atoms with Crippen molar-refractivity contribution in [2.75, 3.05) is 19.0 Å². The largest absolute Gasteiger partial charge is 0.493 e. The van der Waals surface area contributed by atoms with Crippen LogP contribution in [0.5, 0.6) is 11.5 Å². The number of allylic oxidation sites excluding steroid dienone is 3. The van der Waals surface area contributed by atoms with E-state index in [-0.39, 0.29) is 35.2 Å². The Morgan fingerprint density at radius 3 is 2.73 bits per heavy atom. The molecule has 1 aliphatic carbocycles. The van der Waals surface area contributed by atoms with Crippen LogP contribution in [0.3, 0.4) is 0 Å². The highest BCUT2D eigenvalue weighted by molar-refractivity contribution is 6.31. The van der Waals surface area contributed by atoms with Crippen LogP contribution in [0.2, 0.25) is 5.02 Å². The number of carbonyl (C=O) groups is 2. The molecule has 9 heteroatoms. The lowest BCUT2D eigenvalue weighted by Gasteiger charge is -2.37. The van der Waals surface area contributed by atoms with Gasteiger partial charge in [-0.05, 0) is 47.7 Å². The molecule has 4 rings (SSSR count). The number of rotatable bonds is 6. The molecule has 0 saturated heterocycles. The first kappa shape index (κ1) is 26.1. The van der Waals surface area contributed by atoms with Crippen molar-refractivity contribution in [3.63, 3.8) is 0 Å². The molecule has 37 heavy (non-hydrogen) atoms. The fourth-order valence-electron chi connectivity index (χ4n) is 4.67. The van der Waals surface area contributed by atoms with Gasteiger partial charge in [-0.1, -0.05) is 37.6 Å². The van der Waals surface area contributed by atoms with E-state index in [4.69, 9.17) is 31.5 Å². The minimum atomic E-state index is -0.686. The van der Waals surface area contributed by atoms with Crippen molar-refractivity contribution in [2.45, 2.75) is 39.5 Å². The number of nitrogens with zero attached hydrogens (tertiary/aromatic N) is 1. The Balaban J connectivity index is 1.59. The Morgan fingerprint density at radius 2 is 2.03 bits per heavy atom. The lowest BCUT2D eigenvalue weighted by Crippen LogP contribution is -2.33. The summed E-state index contributed by atoms with van der Waals surface area (Å²) in [4.78, 5) is 25.7. The summed E-state index contributed by atoms with van der Waals surface area (Å²) in [5.41, 5.74) is 8.42. The number of ether oxygens (including phenoxy) is 3. The molecule has 3 N–H and O–H groups in total. The molecule has 0 fully saturated rings. The molecule has 0 aromatic heterocycles. The second kappa shape index (κ2) is 10.2. The van der Waals surface area contributed by atoms with E-state index in [0.29, 0.717) is 51.9 Å². The normalized spacial score (nSPS) is 18.5. The molecule has 2 aromatic carbocycles. The minimum absolute atomic E-state index is 0.0102. The van der Waals surface area contributed by atoms with Crippen LogP contribution in [0.15, 0.2) is 59.2 Å². The lowest BCUT2D eigenvalue weighted by molar-refractivity contribution is -0.119. The third-order valence-corrected chi connectivity index (χ3v) is 6.91. The third kappa shape index (κ3) is 5.27. The molecular weight excluding hydrogens is 494 g/mol. The molecule has 1 unspecified atom stereocenters. The number of hydrogen-bond acceptors (Lipinski definition) is 7. The van der Waals surface area contributed by atoms with Gasteiger partial charge in [0.2, 0.25) is 5.88 Å². The van der Waals surface area contributed by atoms with Gasteiger partial charge in [-0.25, -0.2) is 0 Å². The number of amides is 1. The number of nitriles is 1. The molecule has 0 bridgehead atoms. The maximum atomic E-state index is 13.2. The standard InChI is InChI=1S/C28H28ClN3O5/c1-15-18(29)6-5-7-19(15)32-24(34)14-36-21-9-8-16(10-22(21)35-4)25-17(13-30)27(31)37-23-12-28(2,3)11-20(33)26(23)25/h5-10,25H,11-12,14,31H2,1-4H3,(H,32,34). The van der Waals surface area contributed by atoms with E-state index in [1.54, 1.807) is 36.4 Å². The second-order valence-corrected chi connectivity index (χ2v) is 10.3. The molecular formula is C28H28ClN3O5. The fourth-order valence-corrected chi connectivity index (χ4v) is 4.85. The molecule has 8 nitrogen and oxygen atoms in total. The summed E-state index contributed by atoms with van der Waals surface area (Å²) in [6.45, 7) is 5.53. The van der Waals surface area contributed by atoms with E-state index in [1.165, 1.54) is 7.11 Å². The first-order valence-corrected chi connectivity index (χ1v) is 12.1. The van der Waals surface area contributed by atoms with Gasteiger partial charge in [0, 0.05) is 29.1 Å². The number of nitrogens with two attached hydrogens (primary N) is 1. The van der Waals surface area contributed by atoms with Crippen LogP contribution in [0.25, 0.3) is 0 Å². The van der Waals surface area contributed by atoms with Gasteiger partial charge >= 0.3 is 0 Å². The summed E-state index contributed by atoms with van der Waals surface area (Å²) >= 11 is 6.12. The van der Waals surface area contributed by atoms with Gasteiger partial charge in [0.25, 0.3) is 5.91 Å². The predicted molar refractivity (Wildman–Crippen MR) is 139 cm³/mol. The van der Waals surface area contributed by atoms with Crippen molar-refractivity contribution in [3.8, 4) is 17.6 Å². The zero-order chi connectivity index (χ0) is 26.9. The number of methoxy groups -OCH3 is 1. The molecule has 1 aliphatic heterocycles. The number of hydrogen-bond donors (Lipinski definition) is 2. The van der Waals surface area contributed by atoms with E-state index in [2.05, 4.69) is 11.4 Å². The third-order valence-electron chi connectivity index (χ3n) is 6.50. The summed E-state index contributed by atoms with van der Waals surface area (Å²) in [6.07, 6.45) is 0.868. The minimum Gasteiger partial charge on any atom is -0.493 e. The highest BCUT2D eigenvalue weighted by Crippen LogP contribution is 2.48. The van der Waals surface area contributed by atoms with Crippen molar-refractivity contribution >= 4 is 29.0 Å². The van der Waals surface area contributed by atoms with E-state index >= 15 is 0 Å². The number of Topliss-reactive ketones (excluding diaryl/α,β-unsaturated/α-hetero) is 1. The zero-order valence-corrected chi connectivity index (χ0v) is 21.9. The summed E-state index contributed by atoms with van der Waals surface area (Å²) < 4.78 is 17.0. The molecule has 2 aliphatic rings. The maximum Gasteiger partial charge on any atom is 0.262 e. The maximum absolute atomic E-state index is 13.2. The average molecular weight is 522 g/mol. The van der Waals surface area contributed by atoms with Gasteiger partial charge in [0.15, 0.2) is 23.9 Å². The Bertz CT molecular complexity index is 1390. The highest BCUT2D eigenvalue weighted by Gasteiger charge is 2.43. The van der Waals surface area contributed by atoms with Gasteiger partial charge in [-0.15, -0.1) is 0 Å². The van der Waals surface area contributed by atoms with Crippen molar-refractivity contribution < 1.29 is 23.8 Å². The van der Waals surface area contributed by atoms with E-state index in [0.717, 1.165) is 5.56 Å². The Morgan fingerprint density at radius 1 is 1.27 bits per heavy atom. The molecule has 192 valence electrons. The van der Waals surface area contributed by atoms with Gasteiger partial charge in [-0.3, -0.25) is 9.59 Å². The lowest BCUT2D eigenvalue weighted by atomic mass is 9.70. The van der Waals surface area contributed by atoms with Crippen molar-refractivity contribution in [3.05, 3.63) is 75.3 Å². The first-order valence-electron chi connectivity index (χ1n) is 11.7. The van der Waals surface area contributed by atoms with Crippen molar-refractivity contribution in [1.82, 2.24) is 0 Å². The molecule has 0 spiro atoms. The molecule has 1 amide bonds. The number of nitrogens with one attached hydrogen (secondary N) is 1. The number of halogens is 1. The van der Waals surface area contributed by atoms with Crippen LogP contribution in [-0.4, -0.2) is 25.4 Å². The summed E-state index contributed by atoms with van der Waals surface area (Å²) in [7, 11) is 1.47. The van der Waals surface area contributed by atoms with Crippen LogP contribution >= 0.6 is 11.6 Å². The smallest absolute Gasteiger partial charge is 0.262 e. The van der Waals surface area contributed by atoms with Crippen LogP contribution in [0.4, 0.5) is 5.69 Å². The number of benzene rings is 2. The quantitative estimate of drug-likeness (QED) is 0.540. The monoisotopic (exact) mass is 521 g/mol. The van der Waals surface area contributed by atoms with Crippen LogP contribution in [-0.2, 0) is 14.3 Å². The molecule has 0 saturated carbocycles. The van der Waals surface area contributed by atoms with Crippen LogP contribution in [0.1, 0.15) is 43.7 Å². The zero-order valence-electron chi connectivity index (χ0n) is 21.1. The Labute approximate surface area is 220 Å². The van der Waals surface area contributed by atoms with E-state index in [1.807, 2.05) is 20.8 Å². The summed E-state index contributed by atoms with van der Waals surface area (Å²) in [5.74, 6) is 0.0280. The molecule has 1 atom stereocenters. The second-order valence-electron chi connectivity index (χ2n) is 9.86. The highest BCUT2D eigenvalue weighted by atomic mass is 35.5. The average Bonchev–Trinajstić information content (AvgIpc) is 2.84. The summed E-state index contributed by atoms with van der Waals surface area (Å²) in [5, 5.41) is 13.2. The van der Waals surface area contributed by atoms with Crippen LogP contribution in [0, 0.1) is 23.7 Å². The first-order chi connectivity index (χ1) is 17.5. The molecule has 2 aromatic rings. The molecule has 0 radical (unpaired) electrons. The van der Waals surface area contributed by atoms with Crippen molar-refractivity contribution in [2.24, 2.45) is 11.1 Å². The van der Waals surface area contributed by atoms with Gasteiger partial charge in [0.05, 0.1) is 13.0 Å². The predicted octanol–water partition coefficient (Wildman–Crippen LogP) is 5.13. The van der Waals surface area contributed by atoms with E-state index < -0.39 is 5.92 Å². The SMILES string of the molecule is COc1cc(C2C(C#N)=C(N)OC3=C2C(=O)CC(C)(C)C3)ccc1OCC(=O)Nc1cccc(Cl)c1C. The van der Waals surface area contributed by atoms with Gasteiger partial charge in [0.1, 0.15) is 17.4 Å². The van der Waals surface area contributed by atoms with Gasteiger partial charge < -0.3 is 25.3 Å². The Kier molecular flexibility index (Phi) is 7.19. The number of ketones is 1. The van der Waals surface area contributed by atoms with Crippen LogP contribution < -0.4 is 20.5 Å².